The molecule has 0 spiro atoms. The Morgan fingerprint density at radius 1 is 1.21 bits per heavy atom. The van der Waals surface area contributed by atoms with Crippen LogP contribution in [0, 0.1) is 13.8 Å². The number of sulfonamides is 1. The van der Waals surface area contributed by atoms with E-state index >= 15 is 0 Å². The third-order valence-corrected chi connectivity index (χ3v) is 4.43. The van der Waals surface area contributed by atoms with Gasteiger partial charge in [-0.15, -0.1) is 0 Å². The fourth-order valence-electron chi connectivity index (χ4n) is 1.62. The second-order valence-electron chi connectivity index (χ2n) is 4.17. The Morgan fingerprint density at radius 2 is 1.95 bits per heavy atom. The van der Waals surface area contributed by atoms with Gasteiger partial charge >= 0.3 is 0 Å². The van der Waals surface area contributed by atoms with E-state index in [9.17, 15) is 8.42 Å². The number of aryl methyl sites for hydroxylation is 1. The molecular formula is C13H13ClN2O2S. The summed E-state index contributed by atoms with van der Waals surface area (Å²) < 4.78 is 27.0. The third kappa shape index (κ3) is 3.05. The first-order chi connectivity index (χ1) is 8.90. The Balaban J connectivity index is 2.39. The van der Waals surface area contributed by atoms with E-state index in [1.54, 1.807) is 12.1 Å². The second-order valence-corrected chi connectivity index (χ2v) is 6.24. The number of aromatic nitrogens is 1. The van der Waals surface area contributed by atoms with Crippen LogP contribution in [-0.4, -0.2) is 13.4 Å². The molecule has 19 heavy (non-hydrogen) atoms. The van der Waals surface area contributed by atoms with Crippen molar-refractivity contribution < 1.29 is 8.42 Å². The van der Waals surface area contributed by atoms with Crippen LogP contribution in [0.25, 0.3) is 0 Å². The highest BCUT2D eigenvalue weighted by molar-refractivity contribution is 7.92. The molecule has 0 bridgehead atoms. The molecule has 0 saturated heterocycles. The topological polar surface area (TPSA) is 59.1 Å². The summed E-state index contributed by atoms with van der Waals surface area (Å²) in [5.74, 6) is 0. The summed E-state index contributed by atoms with van der Waals surface area (Å²) >= 11 is 5.71. The monoisotopic (exact) mass is 296 g/mol. The number of hydrogen-bond acceptors (Lipinski definition) is 3. The van der Waals surface area contributed by atoms with Crippen LogP contribution < -0.4 is 4.72 Å². The van der Waals surface area contributed by atoms with Crippen molar-refractivity contribution in [3.05, 3.63) is 52.8 Å². The Bertz CT molecular complexity index is 714. The molecule has 0 atom stereocenters. The SMILES string of the molecule is Cc1cccc(NS(=O)(=O)c2ccnc(Cl)c2)c1C. The van der Waals surface area contributed by atoms with Gasteiger partial charge in [-0.3, -0.25) is 4.72 Å². The number of hydrogen-bond donors (Lipinski definition) is 1. The zero-order chi connectivity index (χ0) is 14.0. The van der Waals surface area contributed by atoms with Crippen LogP contribution in [0.15, 0.2) is 41.4 Å². The maximum absolute atomic E-state index is 12.2. The average molecular weight is 297 g/mol. The van der Waals surface area contributed by atoms with Gasteiger partial charge in [0.05, 0.1) is 10.6 Å². The van der Waals surface area contributed by atoms with Gasteiger partial charge in [0.1, 0.15) is 5.15 Å². The first-order valence-electron chi connectivity index (χ1n) is 5.61. The first kappa shape index (κ1) is 13.8. The first-order valence-corrected chi connectivity index (χ1v) is 7.47. The molecule has 2 aromatic rings. The minimum atomic E-state index is -3.65. The summed E-state index contributed by atoms with van der Waals surface area (Å²) in [6.07, 6.45) is 1.36. The molecule has 0 radical (unpaired) electrons. The highest BCUT2D eigenvalue weighted by Crippen LogP contribution is 2.22. The molecule has 100 valence electrons. The van der Waals surface area contributed by atoms with Crippen molar-refractivity contribution in [1.29, 1.82) is 0 Å². The van der Waals surface area contributed by atoms with E-state index in [4.69, 9.17) is 11.6 Å². The van der Waals surface area contributed by atoms with Crippen molar-refractivity contribution >= 4 is 27.3 Å². The molecule has 2 rings (SSSR count). The molecule has 1 aromatic carbocycles. The van der Waals surface area contributed by atoms with Gasteiger partial charge in [-0.25, -0.2) is 13.4 Å². The fourth-order valence-corrected chi connectivity index (χ4v) is 2.99. The highest BCUT2D eigenvalue weighted by Gasteiger charge is 2.16. The standard InChI is InChI=1S/C13H13ClN2O2S/c1-9-4-3-5-12(10(9)2)16-19(17,18)11-6-7-15-13(14)8-11/h3-8,16H,1-2H3. The van der Waals surface area contributed by atoms with E-state index < -0.39 is 10.0 Å². The van der Waals surface area contributed by atoms with Crippen LogP contribution in [0.4, 0.5) is 5.69 Å². The number of halogens is 1. The van der Waals surface area contributed by atoms with Crippen molar-refractivity contribution in [2.24, 2.45) is 0 Å². The predicted molar refractivity (Wildman–Crippen MR) is 76.0 cm³/mol. The highest BCUT2D eigenvalue weighted by atomic mass is 35.5. The maximum Gasteiger partial charge on any atom is 0.262 e. The van der Waals surface area contributed by atoms with Gasteiger partial charge in [0.15, 0.2) is 0 Å². The van der Waals surface area contributed by atoms with E-state index in [0.717, 1.165) is 11.1 Å². The van der Waals surface area contributed by atoms with Crippen LogP contribution in [0.5, 0.6) is 0 Å². The molecule has 0 unspecified atom stereocenters. The Hall–Kier alpha value is -1.59. The molecule has 0 amide bonds. The number of pyridine rings is 1. The van der Waals surface area contributed by atoms with Crippen molar-refractivity contribution in [3.8, 4) is 0 Å². The number of rotatable bonds is 3. The molecule has 0 aliphatic rings. The molecule has 6 heteroatoms. The summed E-state index contributed by atoms with van der Waals surface area (Å²) in [6.45, 7) is 3.79. The zero-order valence-corrected chi connectivity index (χ0v) is 12.1. The van der Waals surface area contributed by atoms with Crippen molar-refractivity contribution in [3.63, 3.8) is 0 Å². The van der Waals surface area contributed by atoms with Gasteiger partial charge in [0.2, 0.25) is 0 Å². The summed E-state index contributed by atoms with van der Waals surface area (Å²) in [4.78, 5) is 3.86. The van der Waals surface area contributed by atoms with Gasteiger partial charge in [0, 0.05) is 6.20 Å². The van der Waals surface area contributed by atoms with Gasteiger partial charge in [0.25, 0.3) is 10.0 Å². The summed E-state index contributed by atoms with van der Waals surface area (Å²) in [5.41, 5.74) is 2.48. The van der Waals surface area contributed by atoms with Crippen LogP contribution in [0.1, 0.15) is 11.1 Å². The van der Waals surface area contributed by atoms with Gasteiger partial charge < -0.3 is 0 Å². The minimum Gasteiger partial charge on any atom is -0.279 e. The van der Waals surface area contributed by atoms with Crippen LogP contribution >= 0.6 is 11.6 Å². The molecule has 0 saturated carbocycles. The lowest BCUT2D eigenvalue weighted by atomic mass is 10.1. The number of nitrogens with one attached hydrogen (secondary N) is 1. The summed E-state index contributed by atoms with van der Waals surface area (Å²) in [7, 11) is -3.65. The fraction of sp³-hybridized carbons (Fsp3) is 0.154. The van der Waals surface area contributed by atoms with Crippen molar-refractivity contribution in [1.82, 2.24) is 4.98 Å². The van der Waals surface area contributed by atoms with E-state index in [1.165, 1.54) is 18.3 Å². The number of nitrogens with zero attached hydrogens (tertiary/aromatic N) is 1. The molecule has 0 aliphatic heterocycles. The van der Waals surface area contributed by atoms with E-state index in [2.05, 4.69) is 9.71 Å². The molecule has 0 aliphatic carbocycles. The number of anilines is 1. The van der Waals surface area contributed by atoms with Gasteiger partial charge in [-0.2, -0.15) is 0 Å². The van der Waals surface area contributed by atoms with Crippen LogP contribution in [0.2, 0.25) is 5.15 Å². The smallest absolute Gasteiger partial charge is 0.262 e. The largest absolute Gasteiger partial charge is 0.279 e. The van der Waals surface area contributed by atoms with E-state index in [0.29, 0.717) is 5.69 Å². The summed E-state index contributed by atoms with van der Waals surface area (Å²) in [6, 6.07) is 8.17. The minimum absolute atomic E-state index is 0.0911. The zero-order valence-electron chi connectivity index (χ0n) is 10.5. The van der Waals surface area contributed by atoms with E-state index in [1.807, 2.05) is 19.9 Å². The normalized spacial score (nSPS) is 11.3. The molecule has 1 aromatic heterocycles. The average Bonchev–Trinajstić information content (AvgIpc) is 2.35. The summed E-state index contributed by atoms with van der Waals surface area (Å²) in [5, 5.41) is 0.142. The Kier molecular flexibility index (Phi) is 3.78. The Morgan fingerprint density at radius 3 is 2.63 bits per heavy atom. The quantitative estimate of drug-likeness (QED) is 0.885. The Labute approximate surface area is 117 Å². The molecule has 1 heterocycles. The lowest BCUT2D eigenvalue weighted by molar-refractivity contribution is 0.601. The molecular weight excluding hydrogens is 284 g/mol. The van der Waals surface area contributed by atoms with E-state index in [-0.39, 0.29) is 10.0 Å². The second kappa shape index (κ2) is 5.19. The molecule has 1 N–H and O–H groups in total. The molecule has 0 fully saturated rings. The van der Waals surface area contributed by atoms with Crippen molar-refractivity contribution in [2.45, 2.75) is 18.7 Å². The lowest BCUT2D eigenvalue weighted by Gasteiger charge is -2.12. The van der Waals surface area contributed by atoms with Gasteiger partial charge in [-0.05, 0) is 43.2 Å². The van der Waals surface area contributed by atoms with Gasteiger partial charge in [-0.1, -0.05) is 23.7 Å². The number of benzene rings is 1. The van der Waals surface area contributed by atoms with Crippen LogP contribution in [0.3, 0.4) is 0 Å². The predicted octanol–water partition coefficient (Wildman–Crippen LogP) is 3.15. The third-order valence-electron chi connectivity index (χ3n) is 2.86. The maximum atomic E-state index is 12.2. The van der Waals surface area contributed by atoms with Crippen LogP contribution in [-0.2, 0) is 10.0 Å². The molecule has 4 nitrogen and oxygen atoms in total. The lowest BCUT2D eigenvalue weighted by Crippen LogP contribution is -2.14. The van der Waals surface area contributed by atoms with Crippen molar-refractivity contribution in [2.75, 3.05) is 4.72 Å².